The minimum Gasteiger partial charge on any atom is -0.481 e. The first-order valence-corrected chi connectivity index (χ1v) is 8.71. The number of hydrogen-bond acceptors (Lipinski definition) is 4. The highest BCUT2D eigenvalue weighted by Gasteiger charge is 2.46. The van der Waals surface area contributed by atoms with Crippen molar-refractivity contribution in [3.63, 3.8) is 0 Å². The van der Waals surface area contributed by atoms with Gasteiger partial charge in [0.15, 0.2) is 9.84 Å². The maximum absolute atomic E-state index is 11.7. The van der Waals surface area contributed by atoms with E-state index < -0.39 is 38.8 Å². The van der Waals surface area contributed by atoms with Gasteiger partial charge < -0.3 is 10.4 Å². The van der Waals surface area contributed by atoms with Gasteiger partial charge in [-0.05, 0) is 24.2 Å². The molecule has 1 fully saturated rings. The minimum absolute atomic E-state index is 0.0409. The van der Waals surface area contributed by atoms with Gasteiger partial charge in [0.1, 0.15) is 5.75 Å². The van der Waals surface area contributed by atoms with Gasteiger partial charge >= 0.3 is 5.97 Å². The second-order valence-electron chi connectivity index (χ2n) is 6.32. The average molecular weight is 305 g/mol. The van der Waals surface area contributed by atoms with Crippen LogP contribution in [0.1, 0.15) is 33.6 Å². The number of amides is 1. The lowest BCUT2D eigenvalue weighted by molar-refractivity contribution is -0.150. The molecule has 116 valence electrons. The SMILES string of the molecule is CC1C(NC(=O)CS(C)(=O)=O)CCC(C(=O)O)C1(C)C. The largest absolute Gasteiger partial charge is 0.481 e. The average Bonchev–Trinajstić information content (AvgIpc) is 2.21. The van der Waals surface area contributed by atoms with Crippen molar-refractivity contribution in [2.45, 2.75) is 39.7 Å². The topological polar surface area (TPSA) is 101 Å². The zero-order valence-corrected chi connectivity index (χ0v) is 13.2. The number of carbonyl (C=O) groups is 2. The van der Waals surface area contributed by atoms with Crippen LogP contribution in [0.5, 0.6) is 0 Å². The molecular weight excluding hydrogens is 282 g/mol. The Balaban J connectivity index is 2.76. The molecule has 3 unspecified atom stereocenters. The van der Waals surface area contributed by atoms with Crippen molar-refractivity contribution in [1.29, 1.82) is 0 Å². The van der Waals surface area contributed by atoms with Crippen LogP contribution in [0, 0.1) is 17.3 Å². The van der Waals surface area contributed by atoms with E-state index in [9.17, 15) is 23.1 Å². The molecule has 1 rings (SSSR count). The number of carboxylic acid groups (broad SMARTS) is 1. The Morgan fingerprint density at radius 3 is 2.30 bits per heavy atom. The monoisotopic (exact) mass is 305 g/mol. The zero-order valence-electron chi connectivity index (χ0n) is 12.3. The molecule has 7 heteroatoms. The fourth-order valence-corrected chi connectivity index (χ4v) is 3.49. The van der Waals surface area contributed by atoms with Crippen molar-refractivity contribution in [2.24, 2.45) is 17.3 Å². The molecule has 0 aromatic rings. The molecule has 1 aliphatic carbocycles. The molecule has 0 aromatic carbocycles. The van der Waals surface area contributed by atoms with Crippen LogP contribution in [0.3, 0.4) is 0 Å². The van der Waals surface area contributed by atoms with Gasteiger partial charge in [-0.3, -0.25) is 9.59 Å². The van der Waals surface area contributed by atoms with E-state index in [0.29, 0.717) is 12.8 Å². The number of sulfone groups is 1. The molecule has 0 aliphatic heterocycles. The lowest BCUT2D eigenvalue weighted by Gasteiger charge is -2.46. The Labute approximate surface area is 119 Å². The highest BCUT2D eigenvalue weighted by Crippen LogP contribution is 2.45. The van der Waals surface area contributed by atoms with Gasteiger partial charge in [0.2, 0.25) is 5.91 Å². The van der Waals surface area contributed by atoms with Gasteiger partial charge in [-0.2, -0.15) is 0 Å². The predicted octanol–water partition coefficient (Wildman–Crippen LogP) is 0.673. The number of carbonyl (C=O) groups excluding carboxylic acids is 1. The summed E-state index contributed by atoms with van der Waals surface area (Å²) in [5, 5.41) is 12.0. The highest BCUT2D eigenvalue weighted by atomic mass is 32.2. The Bertz CT molecular complexity index is 497. The van der Waals surface area contributed by atoms with E-state index in [4.69, 9.17) is 0 Å². The molecule has 1 amide bonds. The summed E-state index contributed by atoms with van der Waals surface area (Å²) in [5.74, 6) is -2.35. The molecule has 0 heterocycles. The molecular formula is C13H23NO5S. The van der Waals surface area contributed by atoms with Gasteiger partial charge in [-0.1, -0.05) is 20.8 Å². The number of hydrogen-bond donors (Lipinski definition) is 2. The molecule has 0 spiro atoms. The summed E-state index contributed by atoms with van der Waals surface area (Å²) in [6.45, 7) is 5.66. The van der Waals surface area contributed by atoms with Gasteiger partial charge in [0.25, 0.3) is 0 Å². The number of rotatable bonds is 4. The maximum atomic E-state index is 11.7. The summed E-state index contributed by atoms with van der Waals surface area (Å²) >= 11 is 0. The molecule has 0 bridgehead atoms. The van der Waals surface area contributed by atoms with Crippen LogP contribution in [0.25, 0.3) is 0 Å². The van der Waals surface area contributed by atoms with Crippen LogP contribution in [-0.2, 0) is 19.4 Å². The van der Waals surface area contributed by atoms with Gasteiger partial charge in [-0.25, -0.2) is 8.42 Å². The molecule has 0 saturated heterocycles. The third-order valence-corrected chi connectivity index (χ3v) is 5.27. The normalized spacial score (nSPS) is 29.7. The molecule has 1 saturated carbocycles. The number of nitrogens with one attached hydrogen (secondary N) is 1. The second kappa shape index (κ2) is 5.71. The van der Waals surface area contributed by atoms with E-state index >= 15 is 0 Å². The van der Waals surface area contributed by atoms with E-state index in [1.165, 1.54) is 0 Å². The van der Waals surface area contributed by atoms with Crippen molar-refractivity contribution in [3.05, 3.63) is 0 Å². The molecule has 1 aliphatic rings. The smallest absolute Gasteiger partial charge is 0.307 e. The van der Waals surface area contributed by atoms with E-state index in [1.54, 1.807) is 0 Å². The van der Waals surface area contributed by atoms with Gasteiger partial charge in [-0.15, -0.1) is 0 Å². The quantitative estimate of drug-likeness (QED) is 0.795. The van der Waals surface area contributed by atoms with E-state index in [-0.39, 0.29) is 12.0 Å². The van der Waals surface area contributed by atoms with Crippen LogP contribution >= 0.6 is 0 Å². The molecule has 2 N–H and O–H groups in total. The van der Waals surface area contributed by atoms with Crippen LogP contribution in [0.4, 0.5) is 0 Å². The first kappa shape index (κ1) is 16.9. The maximum Gasteiger partial charge on any atom is 0.307 e. The molecule has 0 aromatic heterocycles. The van der Waals surface area contributed by atoms with Crippen molar-refractivity contribution in [2.75, 3.05) is 12.0 Å². The van der Waals surface area contributed by atoms with Crippen LogP contribution in [-0.4, -0.2) is 43.5 Å². The first-order valence-electron chi connectivity index (χ1n) is 6.65. The van der Waals surface area contributed by atoms with Crippen molar-refractivity contribution >= 4 is 21.7 Å². The summed E-state index contributed by atoms with van der Waals surface area (Å²) in [4.78, 5) is 23.0. The Morgan fingerprint density at radius 2 is 1.85 bits per heavy atom. The summed E-state index contributed by atoms with van der Waals surface area (Å²) in [6, 6.07) is -0.185. The second-order valence-corrected chi connectivity index (χ2v) is 8.46. The van der Waals surface area contributed by atoms with Gasteiger partial charge in [0, 0.05) is 12.3 Å². The Morgan fingerprint density at radius 1 is 1.30 bits per heavy atom. The zero-order chi connectivity index (χ0) is 15.7. The van der Waals surface area contributed by atoms with Crippen molar-refractivity contribution in [3.8, 4) is 0 Å². The Kier molecular flexibility index (Phi) is 4.84. The fourth-order valence-electron chi connectivity index (χ4n) is 2.93. The number of carboxylic acids is 1. The molecule has 6 nitrogen and oxygen atoms in total. The third kappa shape index (κ3) is 3.94. The highest BCUT2D eigenvalue weighted by molar-refractivity contribution is 7.91. The van der Waals surface area contributed by atoms with Crippen molar-refractivity contribution < 1.29 is 23.1 Å². The molecule has 20 heavy (non-hydrogen) atoms. The minimum atomic E-state index is -3.35. The van der Waals surface area contributed by atoms with Crippen LogP contribution in [0.2, 0.25) is 0 Å². The molecule has 0 radical (unpaired) electrons. The summed E-state index contributed by atoms with van der Waals surface area (Å²) < 4.78 is 22.2. The van der Waals surface area contributed by atoms with E-state index in [1.807, 2.05) is 20.8 Å². The predicted molar refractivity (Wildman–Crippen MR) is 74.9 cm³/mol. The fraction of sp³-hybridized carbons (Fsp3) is 0.846. The molecule has 3 atom stereocenters. The lowest BCUT2D eigenvalue weighted by atomic mass is 9.61. The van der Waals surface area contributed by atoms with Crippen molar-refractivity contribution in [1.82, 2.24) is 5.32 Å². The summed E-state index contributed by atoms with van der Waals surface area (Å²) in [5.41, 5.74) is -0.451. The standard InChI is InChI=1S/C13H23NO5S/c1-8-10(14-11(15)7-20(4,18)19)6-5-9(12(16)17)13(8,2)3/h8-10H,5-7H2,1-4H3,(H,14,15)(H,16,17). The summed E-state index contributed by atoms with van der Waals surface area (Å²) in [6.07, 6.45) is 2.05. The Hall–Kier alpha value is -1.11. The van der Waals surface area contributed by atoms with Gasteiger partial charge in [0.05, 0.1) is 5.92 Å². The lowest BCUT2D eigenvalue weighted by Crippen LogP contribution is -2.53. The first-order chi connectivity index (χ1) is 8.95. The van der Waals surface area contributed by atoms with Crippen LogP contribution in [0.15, 0.2) is 0 Å². The summed E-state index contributed by atoms with van der Waals surface area (Å²) in [7, 11) is -3.35. The van der Waals surface area contributed by atoms with E-state index in [2.05, 4.69) is 5.32 Å². The number of aliphatic carboxylic acids is 1. The van der Waals surface area contributed by atoms with Crippen LogP contribution < -0.4 is 5.32 Å². The van der Waals surface area contributed by atoms with E-state index in [0.717, 1.165) is 6.26 Å². The third-order valence-electron chi connectivity index (χ3n) is 4.48.